The zero-order chi connectivity index (χ0) is 30.9. The summed E-state index contributed by atoms with van der Waals surface area (Å²) in [5.41, 5.74) is 3.98. The number of carboxylic acids is 3. The van der Waals surface area contributed by atoms with E-state index < -0.39 is 23.9 Å². The number of aliphatic carboxylic acids is 2. The standard InChI is InChI=1S/2C12H16O2.C9H8O4.Al/c2*1-9(2)7-10-3-5-11(6-4-10)8-12(13)14;1-6(10)13-8-5-3-2-4-7(8)9(11)12;/h2*3-6,9H,7-8H2,1-2H3,(H,13,14);2-5H,1H3,(H,11,12);/q;;;+3/p-3. The minimum absolute atomic E-state index is 0. The van der Waals surface area contributed by atoms with Crippen molar-refractivity contribution in [1.82, 2.24) is 0 Å². The second kappa shape index (κ2) is 20.0. The molecule has 8 nitrogen and oxygen atoms in total. The molecule has 42 heavy (non-hydrogen) atoms. The summed E-state index contributed by atoms with van der Waals surface area (Å²) in [4.78, 5) is 41.7. The Morgan fingerprint density at radius 1 is 0.619 bits per heavy atom. The summed E-state index contributed by atoms with van der Waals surface area (Å²) < 4.78 is 4.65. The molecule has 0 radical (unpaired) electrons. The van der Waals surface area contributed by atoms with Gasteiger partial charge in [0.1, 0.15) is 5.75 Å². The zero-order valence-electron chi connectivity index (χ0n) is 24.8. The number of hydrogen-bond donors (Lipinski definition) is 0. The number of carboxylic acid groups (broad SMARTS) is 3. The number of carbonyl (C=O) groups is 4. The van der Waals surface area contributed by atoms with E-state index in [9.17, 15) is 34.5 Å². The van der Waals surface area contributed by atoms with E-state index in [1.165, 1.54) is 36.2 Å². The number of para-hydroxylation sites is 1. The molecule has 3 rings (SSSR count). The molecule has 0 amide bonds. The van der Waals surface area contributed by atoms with Crippen LogP contribution in [0.25, 0.3) is 0 Å². The van der Waals surface area contributed by atoms with Crippen molar-refractivity contribution in [2.45, 2.75) is 60.3 Å². The normalized spacial score (nSPS) is 9.88. The Balaban J connectivity index is 0.000000594. The molecular weight excluding hydrogens is 551 g/mol. The van der Waals surface area contributed by atoms with Gasteiger partial charge in [-0.2, -0.15) is 0 Å². The third-order valence-corrected chi connectivity index (χ3v) is 5.39. The monoisotopic (exact) mass is 588 g/mol. The molecule has 0 unspecified atom stereocenters. The molecule has 0 atom stereocenters. The van der Waals surface area contributed by atoms with E-state index in [-0.39, 0.29) is 41.5 Å². The van der Waals surface area contributed by atoms with Gasteiger partial charge in [0.05, 0.1) is 5.97 Å². The fourth-order valence-electron chi connectivity index (χ4n) is 3.74. The van der Waals surface area contributed by atoms with Crippen LogP contribution in [-0.2, 0) is 40.1 Å². The van der Waals surface area contributed by atoms with Crippen LogP contribution in [0.4, 0.5) is 0 Å². The van der Waals surface area contributed by atoms with Gasteiger partial charge in [-0.15, -0.1) is 0 Å². The van der Waals surface area contributed by atoms with E-state index in [0.29, 0.717) is 11.8 Å². The molecule has 0 aliphatic heterocycles. The van der Waals surface area contributed by atoms with Crippen molar-refractivity contribution in [2.75, 3.05) is 0 Å². The van der Waals surface area contributed by atoms with E-state index in [1.54, 1.807) is 6.07 Å². The van der Waals surface area contributed by atoms with Gasteiger partial charge in [-0.1, -0.05) is 88.4 Å². The molecule has 3 aromatic carbocycles. The van der Waals surface area contributed by atoms with Crippen molar-refractivity contribution in [3.8, 4) is 5.75 Å². The second-order valence-corrected chi connectivity index (χ2v) is 10.3. The number of ether oxygens (including phenoxy) is 1. The topological polar surface area (TPSA) is 147 Å². The van der Waals surface area contributed by atoms with E-state index in [2.05, 4.69) is 32.4 Å². The van der Waals surface area contributed by atoms with E-state index in [4.69, 9.17) is 0 Å². The maximum atomic E-state index is 10.6. The van der Waals surface area contributed by atoms with Crippen LogP contribution in [0.3, 0.4) is 0 Å². The first-order valence-corrected chi connectivity index (χ1v) is 13.3. The fraction of sp³-hybridized carbons (Fsp3) is 0.333. The maximum Gasteiger partial charge on any atom is 3.00 e. The maximum absolute atomic E-state index is 10.6. The second-order valence-electron chi connectivity index (χ2n) is 10.3. The number of rotatable bonds is 10. The molecule has 0 saturated heterocycles. The summed E-state index contributed by atoms with van der Waals surface area (Å²) in [6.07, 6.45) is 2.07. The van der Waals surface area contributed by atoms with Crippen LogP contribution in [0.2, 0.25) is 0 Å². The Hall–Kier alpha value is -3.93. The molecule has 0 heterocycles. The number of esters is 1. The average Bonchev–Trinajstić information content (AvgIpc) is 2.86. The smallest absolute Gasteiger partial charge is 0.550 e. The average molecular weight is 589 g/mol. The Morgan fingerprint density at radius 2 is 0.976 bits per heavy atom. The SMILES string of the molecule is CC(=O)Oc1ccccc1C(=O)[O-].CC(C)Cc1ccc(CC(=O)[O-])cc1.CC(C)Cc1ccc(CC(=O)[O-])cc1.[Al+3]. The Morgan fingerprint density at radius 3 is 1.29 bits per heavy atom. The van der Waals surface area contributed by atoms with Gasteiger partial charge in [-0.25, -0.2) is 0 Å². The van der Waals surface area contributed by atoms with Crippen LogP contribution in [0.1, 0.15) is 67.2 Å². The molecule has 3 aromatic rings. The summed E-state index contributed by atoms with van der Waals surface area (Å²) >= 11 is 0. The third kappa shape index (κ3) is 17.0. The zero-order valence-corrected chi connectivity index (χ0v) is 25.9. The fourth-order valence-corrected chi connectivity index (χ4v) is 3.74. The molecule has 0 N–H and O–H groups in total. The van der Waals surface area contributed by atoms with Gasteiger partial charge in [-0.3, -0.25) is 4.79 Å². The summed E-state index contributed by atoms with van der Waals surface area (Å²) in [6, 6.07) is 21.2. The van der Waals surface area contributed by atoms with Crippen molar-refractivity contribution < 1.29 is 39.2 Å². The molecule has 0 saturated carbocycles. The molecule has 9 heteroatoms. The largest absolute Gasteiger partial charge is 3.00 e. The van der Waals surface area contributed by atoms with Gasteiger partial charge < -0.3 is 34.4 Å². The van der Waals surface area contributed by atoms with Crippen LogP contribution in [0, 0.1) is 11.8 Å². The minimum Gasteiger partial charge on any atom is -0.550 e. The summed E-state index contributed by atoms with van der Waals surface area (Å²) in [5.74, 6) is -2.72. The third-order valence-electron chi connectivity index (χ3n) is 5.39. The summed E-state index contributed by atoms with van der Waals surface area (Å²) in [7, 11) is 0. The van der Waals surface area contributed by atoms with Crippen LogP contribution in [0.15, 0.2) is 72.8 Å². The number of carbonyl (C=O) groups excluding carboxylic acids is 4. The van der Waals surface area contributed by atoms with Crippen LogP contribution < -0.4 is 20.1 Å². The van der Waals surface area contributed by atoms with Crippen LogP contribution >= 0.6 is 0 Å². The van der Waals surface area contributed by atoms with E-state index >= 15 is 0 Å². The molecule has 0 aromatic heterocycles. The molecule has 0 spiro atoms. The predicted octanol–water partition coefficient (Wildman–Crippen LogP) is 1.95. The van der Waals surface area contributed by atoms with Crippen molar-refractivity contribution in [3.63, 3.8) is 0 Å². The van der Waals surface area contributed by atoms with Gasteiger partial charge in [-0.05, 0) is 59.1 Å². The first-order chi connectivity index (χ1) is 19.3. The van der Waals surface area contributed by atoms with Crippen LogP contribution in [-0.4, -0.2) is 41.2 Å². The molecule has 0 fully saturated rings. The molecule has 0 aliphatic rings. The Kier molecular flexibility index (Phi) is 18.2. The quantitative estimate of drug-likeness (QED) is 0.198. The van der Waals surface area contributed by atoms with E-state index in [1.807, 2.05) is 48.5 Å². The number of aromatic carboxylic acids is 1. The first kappa shape index (κ1) is 38.1. The van der Waals surface area contributed by atoms with Gasteiger partial charge in [0.15, 0.2) is 0 Å². The van der Waals surface area contributed by atoms with E-state index in [0.717, 1.165) is 24.0 Å². The summed E-state index contributed by atoms with van der Waals surface area (Å²) in [5, 5.41) is 31.1. The number of hydrogen-bond acceptors (Lipinski definition) is 8. The van der Waals surface area contributed by atoms with Crippen molar-refractivity contribution in [2.24, 2.45) is 11.8 Å². The Labute approximate surface area is 258 Å². The molecule has 0 aliphatic carbocycles. The van der Waals surface area contributed by atoms with Gasteiger partial charge >= 0.3 is 23.3 Å². The molecular formula is C33H37AlO8. The first-order valence-electron chi connectivity index (χ1n) is 13.3. The van der Waals surface area contributed by atoms with Crippen LogP contribution in [0.5, 0.6) is 5.75 Å². The van der Waals surface area contributed by atoms with Crippen molar-refractivity contribution >= 4 is 41.2 Å². The predicted molar refractivity (Wildman–Crippen MR) is 155 cm³/mol. The van der Waals surface area contributed by atoms with Crippen molar-refractivity contribution in [1.29, 1.82) is 0 Å². The van der Waals surface area contributed by atoms with Gasteiger partial charge in [0.2, 0.25) is 0 Å². The minimum atomic E-state index is -1.36. The summed E-state index contributed by atoms with van der Waals surface area (Å²) in [6.45, 7) is 9.85. The Bertz CT molecular complexity index is 1200. The number of benzene rings is 3. The van der Waals surface area contributed by atoms with Gasteiger partial charge in [0, 0.05) is 37.3 Å². The molecule has 220 valence electrons. The van der Waals surface area contributed by atoms with Gasteiger partial charge in [0.25, 0.3) is 0 Å². The molecule has 0 bridgehead atoms. The van der Waals surface area contributed by atoms with Crippen molar-refractivity contribution in [3.05, 3.63) is 101 Å².